The molecule has 1 aromatic carbocycles. The number of piperidine rings is 1. The zero-order valence-electron chi connectivity index (χ0n) is 16.0. The maximum absolute atomic E-state index is 13.7. The topological polar surface area (TPSA) is 66.8 Å². The Bertz CT molecular complexity index is 794. The molecule has 0 aromatic heterocycles. The van der Waals surface area contributed by atoms with E-state index in [-0.39, 0.29) is 30.8 Å². The van der Waals surface area contributed by atoms with Gasteiger partial charge in [-0.3, -0.25) is 4.79 Å². The molecule has 1 saturated heterocycles. The molecule has 28 heavy (non-hydrogen) atoms. The van der Waals surface area contributed by atoms with Crippen LogP contribution in [0.15, 0.2) is 30.1 Å². The summed E-state index contributed by atoms with van der Waals surface area (Å²) >= 11 is 0. The Morgan fingerprint density at radius 3 is 2.61 bits per heavy atom. The molecule has 150 valence electrons. The van der Waals surface area contributed by atoms with Gasteiger partial charge in [0.1, 0.15) is 11.3 Å². The van der Waals surface area contributed by atoms with Gasteiger partial charge >= 0.3 is 5.97 Å². The van der Waals surface area contributed by atoms with Crippen LogP contribution < -0.4 is 4.90 Å². The molecule has 0 saturated carbocycles. The number of carbonyl (C=O) groups is 2. The van der Waals surface area contributed by atoms with Crippen molar-refractivity contribution in [3.05, 3.63) is 41.2 Å². The molecule has 1 N–H and O–H groups in total. The number of Topliss-reactive ketones (excluding diaryl/α,β-unsaturated/α-hetero) is 1. The lowest BCUT2D eigenvalue weighted by Gasteiger charge is -2.29. The molecule has 0 spiro atoms. The molecule has 0 amide bonds. The Kier molecular flexibility index (Phi) is 6.85. The summed E-state index contributed by atoms with van der Waals surface area (Å²) < 4.78 is 18.9. The minimum absolute atomic E-state index is 0.0595. The summed E-state index contributed by atoms with van der Waals surface area (Å²) in [5, 5.41) is 10.5. The van der Waals surface area contributed by atoms with Gasteiger partial charge in [-0.2, -0.15) is 0 Å². The minimum Gasteiger partial charge on any atom is -0.507 e. The van der Waals surface area contributed by atoms with Gasteiger partial charge < -0.3 is 14.7 Å². The average Bonchev–Trinajstić information content (AvgIpc) is 2.70. The molecule has 0 radical (unpaired) electrons. The monoisotopic (exact) mass is 387 g/mol. The van der Waals surface area contributed by atoms with Crippen LogP contribution in [0.25, 0.3) is 6.08 Å². The number of hydrogen-bond acceptors (Lipinski definition) is 5. The van der Waals surface area contributed by atoms with E-state index in [0.29, 0.717) is 18.4 Å². The number of halogens is 1. The van der Waals surface area contributed by atoms with E-state index in [9.17, 15) is 19.1 Å². The van der Waals surface area contributed by atoms with Gasteiger partial charge in [-0.25, -0.2) is 9.18 Å². The van der Waals surface area contributed by atoms with Crippen molar-refractivity contribution in [2.75, 3.05) is 24.6 Å². The fraction of sp³-hybridized carbons (Fsp3) is 0.455. The van der Waals surface area contributed by atoms with Crippen molar-refractivity contribution in [2.24, 2.45) is 0 Å². The highest BCUT2D eigenvalue weighted by molar-refractivity contribution is 5.97. The van der Waals surface area contributed by atoms with Gasteiger partial charge in [-0.1, -0.05) is 12.2 Å². The number of phenols is 1. The standard InChI is InChI=1S/C22H26FNO4/c23-18-9-7-13-28-22(27)21-16(8-3-1-4-10-19(18)25)14-17(15-20(21)26)24-11-5-2-6-12-24/h3,8-9,14-15,26H,1-2,4-7,10-13H2/b8-3+,18-9+. The lowest BCUT2D eigenvalue weighted by Crippen LogP contribution is -2.29. The first-order chi connectivity index (χ1) is 13.6. The van der Waals surface area contributed by atoms with Gasteiger partial charge in [0.15, 0.2) is 11.6 Å². The summed E-state index contributed by atoms with van der Waals surface area (Å²) in [6.07, 6.45) is 9.51. The first kappa shape index (κ1) is 20.1. The normalized spacial score (nSPS) is 22.5. The second-order valence-electron chi connectivity index (χ2n) is 7.17. The third-order valence-corrected chi connectivity index (χ3v) is 5.07. The number of hydrogen-bond donors (Lipinski definition) is 1. The number of benzene rings is 1. The third kappa shape index (κ3) is 5.00. The summed E-state index contributed by atoms with van der Waals surface area (Å²) in [5.74, 6) is -2.08. The van der Waals surface area contributed by atoms with E-state index in [1.54, 1.807) is 12.1 Å². The van der Waals surface area contributed by atoms with Crippen LogP contribution in [0.3, 0.4) is 0 Å². The molecule has 0 unspecified atom stereocenters. The van der Waals surface area contributed by atoms with Crippen LogP contribution in [0.4, 0.5) is 10.1 Å². The highest BCUT2D eigenvalue weighted by Crippen LogP contribution is 2.32. The fourth-order valence-corrected chi connectivity index (χ4v) is 3.56. The molecular formula is C22H26FNO4. The zero-order valence-corrected chi connectivity index (χ0v) is 16.0. The second-order valence-corrected chi connectivity index (χ2v) is 7.17. The van der Waals surface area contributed by atoms with E-state index in [0.717, 1.165) is 37.7 Å². The first-order valence-corrected chi connectivity index (χ1v) is 9.91. The molecule has 1 fully saturated rings. The molecule has 0 bridgehead atoms. The van der Waals surface area contributed by atoms with Crippen molar-refractivity contribution in [2.45, 2.75) is 44.9 Å². The van der Waals surface area contributed by atoms with Crippen LogP contribution in [-0.4, -0.2) is 36.6 Å². The number of rotatable bonds is 1. The number of cyclic esters (lactones) is 1. The summed E-state index contributed by atoms with van der Waals surface area (Å²) in [6, 6.07) is 3.51. The number of anilines is 1. The first-order valence-electron chi connectivity index (χ1n) is 9.91. The van der Waals surface area contributed by atoms with Gasteiger partial charge in [0.05, 0.1) is 6.61 Å². The summed E-state index contributed by atoms with van der Waals surface area (Å²) in [4.78, 5) is 26.4. The van der Waals surface area contributed by atoms with Gasteiger partial charge in [0.2, 0.25) is 0 Å². The third-order valence-electron chi connectivity index (χ3n) is 5.07. The van der Waals surface area contributed by atoms with Crippen LogP contribution in [0.2, 0.25) is 0 Å². The molecule has 2 aliphatic rings. The molecule has 5 nitrogen and oxygen atoms in total. The van der Waals surface area contributed by atoms with Gasteiger partial charge in [-0.15, -0.1) is 0 Å². The summed E-state index contributed by atoms with van der Waals surface area (Å²) in [6.45, 7) is 1.79. The predicted molar refractivity (Wildman–Crippen MR) is 106 cm³/mol. The highest BCUT2D eigenvalue weighted by Gasteiger charge is 2.21. The molecule has 2 aliphatic heterocycles. The Hall–Kier alpha value is -2.63. The highest BCUT2D eigenvalue weighted by atomic mass is 19.1. The van der Waals surface area contributed by atoms with Crippen molar-refractivity contribution in [3.8, 4) is 5.75 Å². The molecular weight excluding hydrogens is 361 g/mol. The summed E-state index contributed by atoms with van der Waals surface area (Å²) in [7, 11) is 0. The van der Waals surface area contributed by atoms with Crippen LogP contribution in [-0.2, 0) is 9.53 Å². The number of fused-ring (bicyclic) bond motifs is 1. The van der Waals surface area contributed by atoms with E-state index < -0.39 is 17.6 Å². The molecule has 1 aromatic rings. The number of ether oxygens (including phenoxy) is 1. The van der Waals surface area contributed by atoms with E-state index >= 15 is 0 Å². The number of phenolic OH excluding ortho intramolecular Hbond substituents is 1. The lowest BCUT2D eigenvalue weighted by molar-refractivity contribution is -0.117. The van der Waals surface area contributed by atoms with E-state index in [4.69, 9.17) is 4.74 Å². The van der Waals surface area contributed by atoms with Crippen molar-refractivity contribution in [1.29, 1.82) is 0 Å². The Morgan fingerprint density at radius 1 is 1.04 bits per heavy atom. The lowest BCUT2D eigenvalue weighted by atomic mass is 10.0. The van der Waals surface area contributed by atoms with Gasteiger partial charge in [0, 0.05) is 37.7 Å². The van der Waals surface area contributed by atoms with Crippen LogP contribution in [0, 0.1) is 0 Å². The van der Waals surface area contributed by atoms with E-state index in [1.165, 1.54) is 6.42 Å². The molecule has 2 heterocycles. The Balaban J connectivity index is 1.90. The maximum Gasteiger partial charge on any atom is 0.342 e. The van der Waals surface area contributed by atoms with Crippen molar-refractivity contribution < 1.29 is 23.8 Å². The van der Waals surface area contributed by atoms with Crippen molar-refractivity contribution >= 4 is 23.5 Å². The number of nitrogens with zero attached hydrogens (tertiary/aromatic N) is 1. The number of ketones is 1. The van der Waals surface area contributed by atoms with E-state index in [2.05, 4.69) is 4.90 Å². The van der Waals surface area contributed by atoms with Crippen molar-refractivity contribution in [1.82, 2.24) is 0 Å². The van der Waals surface area contributed by atoms with Crippen LogP contribution in [0.5, 0.6) is 5.75 Å². The Morgan fingerprint density at radius 2 is 1.82 bits per heavy atom. The SMILES string of the molecule is O=C1CCC/C=C/c2cc(N3CCCCC3)cc(O)c2C(=O)OCC/C=C\1F. The van der Waals surface area contributed by atoms with Crippen LogP contribution in [0.1, 0.15) is 60.9 Å². The van der Waals surface area contributed by atoms with Gasteiger partial charge in [-0.05, 0) is 49.8 Å². The second kappa shape index (κ2) is 9.53. The number of carbonyl (C=O) groups excluding carboxylic acids is 2. The summed E-state index contributed by atoms with van der Waals surface area (Å²) in [5.41, 5.74) is 1.60. The minimum atomic E-state index is -0.786. The largest absolute Gasteiger partial charge is 0.507 e. The molecule has 6 heteroatoms. The number of esters is 1. The van der Waals surface area contributed by atoms with Crippen LogP contribution >= 0.6 is 0 Å². The van der Waals surface area contributed by atoms with E-state index in [1.807, 2.05) is 12.1 Å². The smallest absolute Gasteiger partial charge is 0.342 e. The van der Waals surface area contributed by atoms with Gasteiger partial charge in [0.25, 0.3) is 0 Å². The maximum atomic E-state index is 13.7. The number of aromatic hydroxyl groups is 1. The average molecular weight is 387 g/mol. The van der Waals surface area contributed by atoms with Crippen molar-refractivity contribution in [3.63, 3.8) is 0 Å². The molecule has 0 atom stereocenters. The molecule has 3 rings (SSSR count). The zero-order chi connectivity index (χ0) is 19.9. The quantitative estimate of drug-likeness (QED) is 0.716. The fourth-order valence-electron chi connectivity index (χ4n) is 3.56. The Labute approximate surface area is 164 Å². The predicted octanol–water partition coefficient (Wildman–Crippen LogP) is 4.55. The number of allylic oxidation sites excluding steroid dienone is 2. The molecule has 0 aliphatic carbocycles.